The molecule has 0 spiro atoms. The Morgan fingerprint density at radius 2 is 2.03 bits per heavy atom. The van der Waals surface area contributed by atoms with Crippen LogP contribution in [0.3, 0.4) is 0 Å². The van der Waals surface area contributed by atoms with Crippen molar-refractivity contribution in [3.63, 3.8) is 0 Å². The molecule has 1 N–H and O–H groups in total. The molecule has 7 heteroatoms. The van der Waals surface area contributed by atoms with Gasteiger partial charge in [-0.2, -0.15) is 0 Å². The number of nitrogens with zero attached hydrogens (tertiary/aromatic N) is 2. The van der Waals surface area contributed by atoms with Gasteiger partial charge in [0.1, 0.15) is 5.25 Å². The topological polar surface area (TPSA) is 70.0 Å². The van der Waals surface area contributed by atoms with Crippen LogP contribution >= 0.6 is 23.4 Å². The third kappa shape index (κ3) is 5.46. The molecule has 1 aliphatic carbocycles. The van der Waals surface area contributed by atoms with Crippen LogP contribution in [0.5, 0.6) is 0 Å². The maximum Gasteiger partial charge on any atom is 0.317 e. The van der Waals surface area contributed by atoms with Crippen molar-refractivity contribution in [1.29, 1.82) is 0 Å². The summed E-state index contributed by atoms with van der Waals surface area (Å²) in [6.07, 6.45) is 4.58. The Kier molecular flexibility index (Phi) is 7.64. The van der Waals surface area contributed by atoms with Crippen molar-refractivity contribution in [2.24, 2.45) is 22.7 Å². The Morgan fingerprint density at radius 3 is 2.67 bits per heavy atom. The molecule has 162 valence electrons. The lowest BCUT2D eigenvalue weighted by molar-refractivity contribution is -0.139. The van der Waals surface area contributed by atoms with Crippen molar-refractivity contribution in [3.05, 3.63) is 41.4 Å². The number of carbonyl (C=O) groups excluding carboxylic acids is 1. The number of hydrogen-bond donors (Lipinski definition) is 1. The van der Waals surface area contributed by atoms with Crippen LogP contribution in [-0.4, -0.2) is 38.8 Å². The van der Waals surface area contributed by atoms with E-state index in [0.717, 1.165) is 30.2 Å². The van der Waals surface area contributed by atoms with Crippen LogP contribution in [0.2, 0.25) is 5.02 Å². The number of hydrogen-bond acceptors (Lipinski definition) is 4. The van der Waals surface area contributed by atoms with Crippen molar-refractivity contribution < 1.29 is 14.7 Å². The third-order valence-corrected chi connectivity index (χ3v) is 7.37. The van der Waals surface area contributed by atoms with Crippen molar-refractivity contribution in [1.82, 2.24) is 4.90 Å². The van der Waals surface area contributed by atoms with Gasteiger partial charge in [0, 0.05) is 11.6 Å². The van der Waals surface area contributed by atoms with Gasteiger partial charge in [-0.3, -0.25) is 14.5 Å². The Hall–Kier alpha value is -1.79. The third-order valence-electron chi connectivity index (χ3n) is 5.94. The normalized spacial score (nSPS) is 28.2. The predicted molar refractivity (Wildman–Crippen MR) is 123 cm³/mol. The molecular formula is C23H29ClN2O3S. The molecule has 2 aliphatic rings. The first-order chi connectivity index (χ1) is 14.3. The predicted octanol–water partition coefficient (Wildman–Crippen LogP) is 5.76. The summed E-state index contributed by atoms with van der Waals surface area (Å²) in [6.45, 7) is 9.22. The molecule has 1 saturated carbocycles. The standard InChI is InChI=1S/C23H29ClN2O3S/c1-4-5-16-10-14(2)11-19(16)15(3)13-26-21(27)12-20(22(28)29)30-23(26)25-18-8-6-17(24)7-9-18/h6-9,14,16,19-20H,3-5,10-13H2,1-2H3,(H,28,29). The van der Waals surface area contributed by atoms with Crippen LogP contribution < -0.4 is 0 Å². The molecule has 1 heterocycles. The van der Waals surface area contributed by atoms with Crippen molar-refractivity contribution in [3.8, 4) is 0 Å². The lowest BCUT2D eigenvalue weighted by Crippen LogP contribution is -2.45. The minimum absolute atomic E-state index is 0.0353. The van der Waals surface area contributed by atoms with E-state index in [1.807, 2.05) is 0 Å². The number of carboxylic acids is 1. The van der Waals surface area contributed by atoms with Crippen LogP contribution in [0.25, 0.3) is 0 Å². The van der Waals surface area contributed by atoms with Crippen molar-refractivity contribution in [2.45, 2.75) is 51.2 Å². The van der Waals surface area contributed by atoms with Gasteiger partial charge in [-0.25, -0.2) is 4.99 Å². The lowest BCUT2D eigenvalue weighted by atomic mass is 9.86. The van der Waals surface area contributed by atoms with Gasteiger partial charge in [0.25, 0.3) is 0 Å². The first kappa shape index (κ1) is 22.9. The van der Waals surface area contributed by atoms with Gasteiger partial charge in [-0.15, -0.1) is 0 Å². The first-order valence-corrected chi connectivity index (χ1v) is 11.8. The van der Waals surface area contributed by atoms with Gasteiger partial charge in [-0.1, -0.05) is 62.2 Å². The molecule has 0 bridgehead atoms. The largest absolute Gasteiger partial charge is 0.480 e. The van der Waals surface area contributed by atoms with Gasteiger partial charge in [0.2, 0.25) is 5.91 Å². The second-order valence-corrected chi connectivity index (χ2v) is 10.00. The first-order valence-electron chi connectivity index (χ1n) is 10.5. The van der Waals surface area contributed by atoms with Crippen LogP contribution in [0, 0.1) is 17.8 Å². The number of rotatable bonds is 7. The van der Waals surface area contributed by atoms with Crippen LogP contribution in [0.1, 0.15) is 46.0 Å². The van der Waals surface area contributed by atoms with E-state index in [9.17, 15) is 14.7 Å². The zero-order chi connectivity index (χ0) is 21.8. The molecule has 3 rings (SSSR count). The van der Waals surface area contributed by atoms with E-state index >= 15 is 0 Å². The van der Waals surface area contributed by atoms with E-state index in [2.05, 4.69) is 25.4 Å². The van der Waals surface area contributed by atoms with E-state index < -0.39 is 11.2 Å². The fourth-order valence-electron chi connectivity index (χ4n) is 4.53. The molecule has 0 aromatic heterocycles. The van der Waals surface area contributed by atoms with Gasteiger partial charge < -0.3 is 5.11 Å². The SMILES string of the molecule is C=C(CN1C(=O)CC(C(=O)O)SC1=Nc1ccc(Cl)cc1)C1CC(C)CC1CCC. The molecule has 4 atom stereocenters. The monoisotopic (exact) mass is 448 g/mol. The summed E-state index contributed by atoms with van der Waals surface area (Å²) in [5.41, 5.74) is 1.68. The summed E-state index contributed by atoms with van der Waals surface area (Å²) in [4.78, 5) is 30.7. The zero-order valence-electron chi connectivity index (χ0n) is 17.5. The molecule has 1 amide bonds. The van der Waals surface area contributed by atoms with Gasteiger partial charge in [0.05, 0.1) is 12.1 Å². The van der Waals surface area contributed by atoms with Crippen LogP contribution in [0.15, 0.2) is 41.4 Å². The molecule has 5 nitrogen and oxygen atoms in total. The molecule has 1 aliphatic heterocycles. The smallest absolute Gasteiger partial charge is 0.317 e. The maximum absolute atomic E-state index is 12.9. The van der Waals surface area contributed by atoms with E-state index in [0.29, 0.717) is 40.2 Å². The molecular weight excluding hydrogens is 420 g/mol. The summed E-state index contributed by atoms with van der Waals surface area (Å²) in [7, 11) is 0. The van der Waals surface area contributed by atoms with Gasteiger partial charge in [0.15, 0.2) is 5.17 Å². The number of thioether (sulfide) groups is 1. The summed E-state index contributed by atoms with van der Waals surface area (Å²) < 4.78 is 0. The molecule has 1 aromatic carbocycles. The molecule has 2 fully saturated rings. The molecule has 0 radical (unpaired) electrons. The second-order valence-electron chi connectivity index (χ2n) is 8.39. The van der Waals surface area contributed by atoms with Crippen LogP contribution in [0.4, 0.5) is 5.69 Å². The Balaban J connectivity index is 1.84. The minimum Gasteiger partial charge on any atom is -0.480 e. The highest BCUT2D eigenvalue weighted by molar-refractivity contribution is 8.15. The Morgan fingerprint density at radius 1 is 1.33 bits per heavy atom. The van der Waals surface area contributed by atoms with Crippen molar-refractivity contribution in [2.75, 3.05) is 6.54 Å². The average Bonchev–Trinajstić information content (AvgIpc) is 3.06. The fourth-order valence-corrected chi connectivity index (χ4v) is 5.69. The molecule has 4 unspecified atom stereocenters. The number of carbonyl (C=O) groups is 2. The highest BCUT2D eigenvalue weighted by atomic mass is 35.5. The summed E-state index contributed by atoms with van der Waals surface area (Å²) in [6, 6.07) is 6.97. The van der Waals surface area contributed by atoms with E-state index in [4.69, 9.17) is 11.6 Å². The highest BCUT2D eigenvalue weighted by Crippen LogP contribution is 2.43. The highest BCUT2D eigenvalue weighted by Gasteiger charge is 2.38. The number of aliphatic carboxylic acids is 1. The van der Waals surface area contributed by atoms with E-state index in [-0.39, 0.29) is 12.3 Å². The molecule has 30 heavy (non-hydrogen) atoms. The maximum atomic E-state index is 12.9. The molecule has 1 aromatic rings. The summed E-state index contributed by atoms with van der Waals surface area (Å²) in [5.74, 6) is 0.449. The Bertz CT molecular complexity index is 839. The van der Waals surface area contributed by atoms with Gasteiger partial charge in [-0.05, 0) is 54.9 Å². The Labute approximate surface area is 187 Å². The fraction of sp³-hybridized carbons (Fsp3) is 0.522. The van der Waals surface area contributed by atoms with E-state index in [1.54, 1.807) is 29.2 Å². The summed E-state index contributed by atoms with van der Waals surface area (Å²) >= 11 is 7.08. The number of aliphatic imine (C=N–C) groups is 1. The number of amides is 1. The van der Waals surface area contributed by atoms with Gasteiger partial charge >= 0.3 is 5.97 Å². The number of amidine groups is 1. The zero-order valence-corrected chi connectivity index (χ0v) is 19.1. The number of halogens is 1. The quantitative estimate of drug-likeness (QED) is 0.538. The minimum atomic E-state index is -0.997. The second kappa shape index (κ2) is 10.0. The summed E-state index contributed by atoms with van der Waals surface area (Å²) in [5, 5.41) is 9.64. The number of carboxylic acid groups (broad SMARTS) is 1. The number of benzene rings is 1. The van der Waals surface area contributed by atoms with Crippen LogP contribution in [-0.2, 0) is 9.59 Å². The average molecular weight is 449 g/mol. The van der Waals surface area contributed by atoms with E-state index in [1.165, 1.54) is 12.8 Å². The van der Waals surface area contributed by atoms with Crippen molar-refractivity contribution >= 4 is 46.1 Å². The molecule has 1 saturated heterocycles. The lowest BCUT2D eigenvalue weighted by Gasteiger charge is -2.33.